The Bertz CT molecular complexity index is 762. The molecular weight excluding hydrogens is 304 g/mol. The first-order valence-corrected chi connectivity index (χ1v) is 7.80. The third-order valence-electron chi connectivity index (χ3n) is 3.09. The minimum absolute atomic E-state index is 0.0706. The lowest BCUT2D eigenvalue weighted by atomic mass is 10.2. The molecule has 0 N–H and O–H groups in total. The Kier molecular flexibility index (Phi) is 4.02. The normalized spacial score (nSPS) is 13.0. The van der Waals surface area contributed by atoms with Crippen molar-refractivity contribution in [3.63, 3.8) is 0 Å². The predicted octanol–water partition coefficient (Wildman–Crippen LogP) is 4.00. The average molecular weight is 320 g/mol. The second-order valence-electron chi connectivity index (χ2n) is 5.17. The highest BCUT2D eigenvalue weighted by Gasteiger charge is 2.21. The van der Waals surface area contributed by atoms with Crippen molar-refractivity contribution in [2.45, 2.75) is 44.1 Å². The standard InChI is InChI=1S/C14H16N4O3S/c1-7(2)11-15-12(21-18-11)9(4)22-14-17-16-13(20-14)10-5-6-19-8(10)3/h5-7,9H,1-4H3. The monoisotopic (exact) mass is 320 g/mol. The Morgan fingerprint density at radius 2 is 2.00 bits per heavy atom. The van der Waals surface area contributed by atoms with Crippen molar-refractivity contribution < 1.29 is 13.4 Å². The van der Waals surface area contributed by atoms with E-state index in [0.717, 1.165) is 11.3 Å². The number of rotatable bonds is 5. The summed E-state index contributed by atoms with van der Waals surface area (Å²) in [7, 11) is 0. The zero-order valence-corrected chi connectivity index (χ0v) is 13.5. The van der Waals surface area contributed by atoms with Crippen LogP contribution in [0, 0.1) is 6.92 Å². The Hall–Kier alpha value is -2.09. The van der Waals surface area contributed by atoms with Crippen LogP contribution < -0.4 is 0 Å². The summed E-state index contributed by atoms with van der Waals surface area (Å²) in [5.74, 6) is 2.66. The van der Waals surface area contributed by atoms with Crippen molar-refractivity contribution in [3.05, 3.63) is 29.8 Å². The van der Waals surface area contributed by atoms with Crippen molar-refractivity contribution in [2.24, 2.45) is 0 Å². The predicted molar refractivity (Wildman–Crippen MR) is 79.4 cm³/mol. The molecule has 0 amide bonds. The molecule has 3 aromatic heterocycles. The molecule has 8 heteroatoms. The third-order valence-corrected chi connectivity index (χ3v) is 4.02. The van der Waals surface area contributed by atoms with Crippen molar-refractivity contribution in [2.75, 3.05) is 0 Å². The van der Waals surface area contributed by atoms with E-state index in [9.17, 15) is 0 Å². The molecule has 0 saturated heterocycles. The first-order valence-electron chi connectivity index (χ1n) is 6.92. The maximum Gasteiger partial charge on any atom is 0.277 e. The highest BCUT2D eigenvalue weighted by atomic mass is 32.2. The van der Waals surface area contributed by atoms with E-state index in [4.69, 9.17) is 13.4 Å². The maximum absolute atomic E-state index is 5.65. The summed E-state index contributed by atoms with van der Waals surface area (Å²) in [5, 5.41) is 12.4. The molecule has 0 aliphatic carbocycles. The van der Waals surface area contributed by atoms with Crippen LogP contribution >= 0.6 is 11.8 Å². The van der Waals surface area contributed by atoms with Crippen LogP contribution in [0.25, 0.3) is 11.5 Å². The van der Waals surface area contributed by atoms with Crippen LogP contribution in [-0.4, -0.2) is 20.3 Å². The molecule has 0 fully saturated rings. The third kappa shape index (κ3) is 2.92. The van der Waals surface area contributed by atoms with Gasteiger partial charge >= 0.3 is 0 Å². The molecule has 0 bridgehead atoms. The summed E-state index contributed by atoms with van der Waals surface area (Å²) in [5.41, 5.74) is 0.798. The largest absolute Gasteiger partial charge is 0.469 e. The van der Waals surface area contributed by atoms with E-state index in [1.165, 1.54) is 11.8 Å². The molecule has 7 nitrogen and oxygen atoms in total. The zero-order valence-electron chi connectivity index (χ0n) is 12.7. The van der Waals surface area contributed by atoms with Gasteiger partial charge in [-0.05, 0) is 19.9 Å². The van der Waals surface area contributed by atoms with Gasteiger partial charge in [0.2, 0.25) is 5.89 Å². The molecule has 0 aliphatic heterocycles. The van der Waals surface area contributed by atoms with Crippen LogP contribution in [-0.2, 0) is 0 Å². The van der Waals surface area contributed by atoms with E-state index in [1.54, 1.807) is 12.3 Å². The van der Waals surface area contributed by atoms with E-state index in [-0.39, 0.29) is 11.2 Å². The van der Waals surface area contributed by atoms with E-state index in [1.807, 2.05) is 27.7 Å². The quantitative estimate of drug-likeness (QED) is 0.651. The Labute approximate surface area is 131 Å². The lowest BCUT2D eigenvalue weighted by molar-refractivity contribution is 0.372. The second-order valence-corrected chi connectivity index (χ2v) is 6.46. The number of hydrogen-bond acceptors (Lipinski definition) is 8. The summed E-state index contributed by atoms with van der Waals surface area (Å²) in [4.78, 5) is 4.37. The molecule has 3 aromatic rings. The number of furan rings is 1. The maximum atomic E-state index is 5.65. The van der Waals surface area contributed by atoms with Gasteiger partial charge in [-0.3, -0.25) is 0 Å². The fourth-order valence-electron chi connectivity index (χ4n) is 1.82. The minimum atomic E-state index is -0.0706. The van der Waals surface area contributed by atoms with Crippen molar-refractivity contribution >= 4 is 11.8 Å². The molecule has 0 spiro atoms. The van der Waals surface area contributed by atoms with Gasteiger partial charge in [0, 0.05) is 5.92 Å². The van der Waals surface area contributed by atoms with E-state index in [2.05, 4.69) is 20.3 Å². The first-order chi connectivity index (χ1) is 10.5. The molecule has 1 atom stereocenters. The summed E-state index contributed by atoms with van der Waals surface area (Å²) >= 11 is 1.38. The van der Waals surface area contributed by atoms with Crippen LogP contribution in [0.5, 0.6) is 0 Å². The van der Waals surface area contributed by atoms with Gasteiger partial charge in [0.1, 0.15) is 5.76 Å². The van der Waals surface area contributed by atoms with Crippen LogP contribution in [0.1, 0.15) is 49.4 Å². The second kappa shape index (κ2) is 5.96. The van der Waals surface area contributed by atoms with Gasteiger partial charge in [-0.2, -0.15) is 4.98 Å². The van der Waals surface area contributed by atoms with Crippen molar-refractivity contribution in [1.29, 1.82) is 0 Å². The molecule has 3 heterocycles. The molecule has 22 heavy (non-hydrogen) atoms. The summed E-state index contributed by atoms with van der Waals surface area (Å²) < 4.78 is 16.2. The number of hydrogen-bond donors (Lipinski definition) is 0. The number of thioether (sulfide) groups is 1. The van der Waals surface area contributed by atoms with Gasteiger partial charge < -0.3 is 13.4 Å². The van der Waals surface area contributed by atoms with Gasteiger partial charge in [0.05, 0.1) is 17.1 Å². The van der Waals surface area contributed by atoms with Crippen LogP contribution in [0.2, 0.25) is 0 Å². The lowest BCUT2D eigenvalue weighted by Gasteiger charge is -2.01. The zero-order chi connectivity index (χ0) is 15.7. The Morgan fingerprint density at radius 1 is 1.18 bits per heavy atom. The van der Waals surface area contributed by atoms with Crippen LogP contribution in [0.4, 0.5) is 0 Å². The molecule has 3 rings (SSSR count). The van der Waals surface area contributed by atoms with Gasteiger partial charge in [-0.1, -0.05) is 30.8 Å². The summed E-state index contributed by atoms with van der Waals surface area (Å²) in [6.45, 7) is 7.84. The van der Waals surface area contributed by atoms with Gasteiger partial charge in [-0.25, -0.2) is 0 Å². The molecule has 0 saturated carbocycles. The highest BCUT2D eigenvalue weighted by molar-refractivity contribution is 7.99. The highest BCUT2D eigenvalue weighted by Crippen LogP contribution is 2.35. The smallest absolute Gasteiger partial charge is 0.277 e. The van der Waals surface area contributed by atoms with Crippen molar-refractivity contribution in [1.82, 2.24) is 20.3 Å². The molecule has 116 valence electrons. The Balaban J connectivity index is 1.73. The van der Waals surface area contributed by atoms with Crippen LogP contribution in [0.3, 0.4) is 0 Å². The number of aryl methyl sites for hydroxylation is 1. The van der Waals surface area contributed by atoms with Gasteiger partial charge in [-0.15, -0.1) is 10.2 Å². The molecule has 0 aliphatic rings. The van der Waals surface area contributed by atoms with E-state index in [0.29, 0.717) is 22.8 Å². The fraction of sp³-hybridized carbons (Fsp3) is 0.429. The first kappa shape index (κ1) is 14.8. The number of nitrogens with zero attached hydrogens (tertiary/aromatic N) is 4. The van der Waals surface area contributed by atoms with Gasteiger partial charge in [0.15, 0.2) is 5.82 Å². The topological polar surface area (TPSA) is 91.0 Å². The van der Waals surface area contributed by atoms with E-state index < -0.39 is 0 Å². The minimum Gasteiger partial charge on any atom is -0.469 e. The van der Waals surface area contributed by atoms with Crippen LogP contribution in [0.15, 0.2) is 30.9 Å². The SMILES string of the molecule is Cc1occc1-c1nnc(SC(C)c2nc(C(C)C)no2)o1. The van der Waals surface area contributed by atoms with Gasteiger partial charge in [0.25, 0.3) is 11.1 Å². The molecule has 0 radical (unpaired) electrons. The summed E-state index contributed by atoms with van der Waals surface area (Å²) in [6, 6.07) is 1.80. The summed E-state index contributed by atoms with van der Waals surface area (Å²) in [6.07, 6.45) is 1.59. The Morgan fingerprint density at radius 3 is 2.64 bits per heavy atom. The number of aromatic nitrogens is 4. The average Bonchev–Trinajstić information content (AvgIpc) is 3.17. The fourth-order valence-corrected chi connectivity index (χ4v) is 2.54. The van der Waals surface area contributed by atoms with E-state index >= 15 is 0 Å². The lowest BCUT2D eigenvalue weighted by Crippen LogP contribution is -1.92. The molecule has 1 unspecified atom stereocenters. The molecular formula is C14H16N4O3S. The molecule has 0 aromatic carbocycles. The van der Waals surface area contributed by atoms with Crippen molar-refractivity contribution in [3.8, 4) is 11.5 Å².